The third kappa shape index (κ3) is 5.07. The Morgan fingerprint density at radius 1 is 1.14 bits per heavy atom. The van der Waals surface area contributed by atoms with Gasteiger partial charge in [0.1, 0.15) is 6.04 Å². The first kappa shape index (κ1) is 20.7. The van der Waals surface area contributed by atoms with Gasteiger partial charge in [-0.15, -0.1) is 0 Å². The second-order valence-corrected chi connectivity index (χ2v) is 7.28. The van der Waals surface area contributed by atoms with Crippen LogP contribution in [0.4, 0.5) is 4.79 Å². The lowest BCUT2D eigenvalue weighted by Gasteiger charge is -2.35. The third-order valence-corrected chi connectivity index (χ3v) is 5.33. The van der Waals surface area contributed by atoms with Crippen LogP contribution in [0.25, 0.3) is 10.9 Å². The third-order valence-electron chi connectivity index (χ3n) is 5.33. The number of nitrogens with one attached hydrogen (secondary N) is 2. The first-order valence-electron chi connectivity index (χ1n) is 9.95. The van der Waals surface area contributed by atoms with Crippen LogP contribution in [-0.2, 0) is 20.7 Å². The van der Waals surface area contributed by atoms with E-state index < -0.39 is 12.0 Å². The van der Waals surface area contributed by atoms with Crippen molar-refractivity contribution in [2.75, 3.05) is 33.3 Å². The van der Waals surface area contributed by atoms with E-state index >= 15 is 0 Å². The molecule has 2 aromatic rings. The minimum atomic E-state index is -0.698. The highest BCUT2D eigenvalue weighted by molar-refractivity contribution is 5.84. The van der Waals surface area contributed by atoms with Crippen LogP contribution in [0.2, 0.25) is 0 Å². The summed E-state index contributed by atoms with van der Waals surface area (Å²) < 4.78 is 4.61. The molecule has 156 valence electrons. The summed E-state index contributed by atoms with van der Waals surface area (Å²) in [5.41, 5.74) is 2.35. The molecule has 0 spiro atoms. The van der Waals surface area contributed by atoms with Gasteiger partial charge in [-0.05, 0) is 31.4 Å². The van der Waals surface area contributed by atoms with Crippen molar-refractivity contribution < 1.29 is 19.1 Å². The Balaban J connectivity index is 1.41. The fraction of sp³-hybridized carbons (Fsp3) is 0.476. The first-order chi connectivity index (χ1) is 14.0. The van der Waals surface area contributed by atoms with Crippen molar-refractivity contribution in [2.45, 2.75) is 32.2 Å². The molecule has 1 fully saturated rings. The Morgan fingerprint density at radius 3 is 2.55 bits per heavy atom. The second kappa shape index (κ2) is 9.45. The molecule has 0 radical (unpaired) electrons. The van der Waals surface area contributed by atoms with E-state index in [1.807, 2.05) is 29.3 Å². The van der Waals surface area contributed by atoms with Crippen molar-refractivity contribution >= 4 is 28.8 Å². The molecule has 2 N–H and O–H groups in total. The van der Waals surface area contributed by atoms with E-state index in [0.717, 1.165) is 18.4 Å². The second-order valence-electron chi connectivity index (χ2n) is 7.28. The van der Waals surface area contributed by atoms with Gasteiger partial charge in [0.2, 0.25) is 5.91 Å². The number of esters is 1. The summed E-state index contributed by atoms with van der Waals surface area (Å²) in [4.78, 5) is 42.8. The number of piperazine rings is 1. The number of aryl methyl sites for hydroxylation is 1. The Labute approximate surface area is 170 Å². The number of carbonyl (C=O) groups is 3. The molecule has 3 rings (SSSR count). The van der Waals surface area contributed by atoms with Crippen LogP contribution in [0.15, 0.2) is 30.5 Å². The standard InChI is InChI=1S/C21H28N4O4/c1-15(20(27)29-2)23-21(28)25-12-10-24(11-13-25)19(26)9-5-6-16-14-22-18-8-4-3-7-17(16)18/h3-4,7-8,14-15,22H,5-6,9-13H2,1-2H3,(H,23,28)/t15-/m0/s1. The minimum absolute atomic E-state index is 0.118. The van der Waals surface area contributed by atoms with Crippen molar-refractivity contribution in [3.05, 3.63) is 36.0 Å². The van der Waals surface area contributed by atoms with Gasteiger partial charge in [-0.1, -0.05) is 18.2 Å². The minimum Gasteiger partial charge on any atom is -0.467 e. The molecular weight excluding hydrogens is 372 g/mol. The lowest BCUT2D eigenvalue weighted by atomic mass is 10.1. The molecule has 1 saturated heterocycles. The van der Waals surface area contributed by atoms with Crippen LogP contribution in [0.1, 0.15) is 25.3 Å². The molecule has 0 bridgehead atoms. The molecule has 0 unspecified atom stereocenters. The van der Waals surface area contributed by atoms with Crippen molar-refractivity contribution in [1.82, 2.24) is 20.1 Å². The Bertz CT molecular complexity index is 870. The Morgan fingerprint density at radius 2 is 1.83 bits per heavy atom. The number of para-hydroxylation sites is 1. The fourth-order valence-electron chi connectivity index (χ4n) is 3.60. The van der Waals surface area contributed by atoms with Crippen LogP contribution in [-0.4, -0.2) is 72.0 Å². The van der Waals surface area contributed by atoms with Gasteiger partial charge < -0.3 is 24.8 Å². The number of amides is 3. The van der Waals surface area contributed by atoms with E-state index in [9.17, 15) is 14.4 Å². The largest absolute Gasteiger partial charge is 0.467 e. The number of fused-ring (bicyclic) bond motifs is 1. The average Bonchev–Trinajstić information content (AvgIpc) is 3.16. The SMILES string of the molecule is COC(=O)[C@H](C)NC(=O)N1CCN(C(=O)CCCc2c[nH]c3ccccc23)CC1. The maximum atomic E-state index is 12.5. The quantitative estimate of drug-likeness (QED) is 0.724. The van der Waals surface area contributed by atoms with Crippen LogP contribution in [0, 0.1) is 0 Å². The number of aromatic nitrogens is 1. The van der Waals surface area contributed by atoms with E-state index in [1.54, 1.807) is 11.8 Å². The number of urea groups is 1. The molecule has 3 amide bonds. The number of nitrogens with zero attached hydrogens (tertiary/aromatic N) is 2. The highest BCUT2D eigenvalue weighted by Gasteiger charge is 2.26. The average molecular weight is 400 g/mol. The molecule has 2 heterocycles. The molecule has 29 heavy (non-hydrogen) atoms. The molecule has 1 aliphatic heterocycles. The van der Waals surface area contributed by atoms with Crippen LogP contribution >= 0.6 is 0 Å². The van der Waals surface area contributed by atoms with Gasteiger partial charge in [0, 0.05) is 49.7 Å². The molecule has 1 atom stereocenters. The van der Waals surface area contributed by atoms with E-state index in [2.05, 4.69) is 21.1 Å². The van der Waals surface area contributed by atoms with Gasteiger partial charge in [0.25, 0.3) is 0 Å². The fourth-order valence-corrected chi connectivity index (χ4v) is 3.60. The summed E-state index contributed by atoms with van der Waals surface area (Å²) in [6.07, 6.45) is 4.15. The zero-order valence-electron chi connectivity index (χ0n) is 16.9. The van der Waals surface area contributed by atoms with Gasteiger partial charge >= 0.3 is 12.0 Å². The monoisotopic (exact) mass is 400 g/mol. The highest BCUT2D eigenvalue weighted by Crippen LogP contribution is 2.19. The van der Waals surface area contributed by atoms with Crippen molar-refractivity contribution in [1.29, 1.82) is 0 Å². The van der Waals surface area contributed by atoms with E-state index in [-0.39, 0.29) is 11.9 Å². The number of hydrogen-bond acceptors (Lipinski definition) is 4. The lowest BCUT2D eigenvalue weighted by molar-refractivity contribution is -0.142. The van der Waals surface area contributed by atoms with Crippen molar-refractivity contribution in [3.8, 4) is 0 Å². The summed E-state index contributed by atoms with van der Waals surface area (Å²) in [7, 11) is 1.29. The number of carbonyl (C=O) groups excluding carboxylic acids is 3. The summed E-state index contributed by atoms with van der Waals surface area (Å²) >= 11 is 0. The predicted molar refractivity (Wildman–Crippen MR) is 109 cm³/mol. The van der Waals surface area contributed by atoms with Crippen LogP contribution in [0.5, 0.6) is 0 Å². The summed E-state index contributed by atoms with van der Waals surface area (Å²) in [6, 6.07) is 7.15. The highest BCUT2D eigenvalue weighted by atomic mass is 16.5. The molecule has 0 aliphatic carbocycles. The molecule has 0 saturated carbocycles. The topological polar surface area (TPSA) is 94.7 Å². The predicted octanol–water partition coefficient (Wildman–Crippen LogP) is 1.91. The molecule has 8 nitrogen and oxygen atoms in total. The molecule has 8 heteroatoms. The van der Waals surface area contributed by atoms with E-state index in [1.165, 1.54) is 18.1 Å². The number of aromatic amines is 1. The van der Waals surface area contributed by atoms with Crippen molar-refractivity contribution in [2.24, 2.45) is 0 Å². The van der Waals surface area contributed by atoms with E-state index in [4.69, 9.17) is 0 Å². The molecular formula is C21H28N4O4. The lowest BCUT2D eigenvalue weighted by Crippen LogP contribution is -2.55. The maximum Gasteiger partial charge on any atom is 0.328 e. The first-order valence-corrected chi connectivity index (χ1v) is 9.95. The van der Waals surface area contributed by atoms with Gasteiger partial charge in [-0.25, -0.2) is 9.59 Å². The number of methoxy groups -OCH3 is 1. The normalized spacial score (nSPS) is 15.2. The number of H-pyrrole nitrogens is 1. The number of rotatable bonds is 6. The smallest absolute Gasteiger partial charge is 0.328 e. The summed E-state index contributed by atoms with van der Waals surface area (Å²) in [6.45, 7) is 3.50. The molecule has 1 aromatic heterocycles. The molecule has 1 aromatic carbocycles. The number of hydrogen-bond donors (Lipinski definition) is 2. The zero-order chi connectivity index (χ0) is 20.8. The van der Waals surface area contributed by atoms with Gasteiger partial charge in [0.15, 0.2) is 0 Å². The summed E-state index contributed by atoms with van der Waals surface area (Å²) in [5, 5.41) is 3.82. The van der Waals surface area contributed by atoms with Gasteiger partial charge in [-0.2, -0.15) is 0 Å². The van der Waals surface area contributed by atoms with Gasteiger partial charge in [-0.3, -0.25) is 4.79 Å². The van der Waals surface area contributed by atoms with Crippen LogP contribution in [0.3, 0.4) is 0 Å². The Kier molecular flexibility index (Phi) is 6.74. The zero-order valence-corrected chi connectivity index (χ0v) is 16.9. The maximum absolute atomic E-state index is 12.5. The Hall–Kier alpha value is -3.03. The molecule has 1 aliphatic rings. The van der Waals surface area contributed by atoms with Gasteiger partial charge in [0.05, 0.1) is 7.11 Å². The number of ether oxygens (including phenoxy) is 1. The number of benzene rings is 1. The van der Waals surface area contributed by atoms with Crippen LogP contribution < -0.4 is 5.32 Å². The summed E-state index contributed by atoms with van der Waals surface area (Å²) in [5.74, 6) is -0.366. The van der Waals surface area contributed by atoms with E-state index in [0.29, 0.717) is 32.6 Å². The van der Waals surface area contributed by atoms with Crippen molar-refractivity contribution in [3.63, 3.8) is 0 Å².